The second kappa shape index (κ2) is 10.4. The molecule has 1 N–H and O–H groups in total. The van der Waals surface area contributed by atoms with E-state index in [2.05, 4.69) is 19.2 Å². The molecule has 0 radical (unpaired) electrons. The van der Waals surface area contributed by atoms with Crippen LogP contribution < -0.4 is 24.3 Å². The highest BCUT2D eigenvalue weighted by Gasteiger charge is 2.17. The first-order valence-electron chi connectivity index (χ1n) is 9.24. The van der Waals surface area contributed by atoms with Gasteiger partial charge in [0.25, 0.3) is 5.91 Å². The molecule has 0 aliphatic rings. The van der Waals surface area contributed by atoms with Gasteiger partial charge >= 0.3 is 0 Å². The largest absolute Gasteiger partial charge is 0.497 e. The van der Waals surface area contributed by atoms with Crippen LogP contribution in [0.5, 0.6) is 23.0 Å². The molecular weight excluding hydrogens is 358 g/mol. The van der Waals surface area contributed by atoms with Crippen LogP contribution in [0.4, 0.5) is 0 Å². The summed E-state index contributed by atoms with van der Waals surface area (Å²) in [7, 11) is 4.76. The van der Waals surface area contributed by atoms with Crippen LogP contribution in [-0.2, 0) is 4.79 Å². The van der Waals surface area contributed by atoms with Gasteiger partial charge < -0.3 is 24.3 Å². The summed E-state index contributed by atoms with van der Waals surface area (Å²) in [5, 5.41) is 3.06. The number of ether oxygens (including phenoxy) is 4. The quantitative estimate of drug-likeness (QED) is 0.668. The van der Waals surface area contributed by atoms with Crippen LogP contribution in [0.25, 0.3) is 0 Å². The Kier molecular flexibility index (Phi) is 7.99. The van der Waals surface area contributed by atoms with Crippen molar-refractivity contribution in [2.75, 3.05) is 27.9 Å². The number of benzene rings is 2. The average molecular weight is 387 g/mol. The highest BCUT2D eigenvalue weighted by Crippen LogP contribution is 2.27. The SMILES string of the molecule is COc1ccc(C(CC(C)C)NC(=O)COc2cc(OC)cc(OC)c2)cc1. The molecule has 6 heteroatoms. The lowest BCUT2D eigenvalue weighted by atomic mass is 9.97. The van der Waals surface area contributed by atoms with Gasteiger partial charge in [-0.2, -0.15) is 0 Å². The van der Waals surface area contributed by atoms with Gasteiger partial charge in [0.15, 0.2) is 6.61 Å². The maximum absolute atomic E-state index is 12.5. The molecule has 0 heterocycles. The molecule has 0 bridgehead atoms. The van der Waals surface area contributed by atoms with E-state index in [0.717, 1.165) is 17.7 Å². The highest BCUT2D eigenvalue weighted by molar-refractivity contribution is 5.78. The number of carbonyl (C=O) groups is 1. The summed E-state index contributed by atoms with van der Waals surface area (Å²) in [4.78, 5) is 12.5. The van der Waals surface area contributed by atoms with Gasteiger partial charge in [-0.15, -0.1) is 0 Å². The molecule has 0 spiro atoms. The first-order valence-corrected chi connectivity index (χ1v) is 9.24. The first kappa shape index (κ1) is 21.4. The van der Waals surface area contributed by atoms with E-state index in [-0.39, 0.29) is 18.6 Å². The molecule has 0 saturated heterocycles. The van der Waals surface area contributed by atoms with E-state index < -0.39 is 0 Å². The Morgan fingerprint density at radius 3 is 1.89 bits per heavy atom. The molecule has 0 fully saturated rings. The zero-order valence-electron chi connectivity index (χ0n) is 17.2. The summed E-state index contributed by atoms with van der Waals surface area (Å²) in [5.74, 6) is 2.74. The zero-order valence-corrected chi connectivity index (χ0v) is 17.2. The van der Waals surface area contributed by atoms with Crippen LogP contribution in [0, 0.1) is 5.92 Å². The fourth-order valence-corrected chi connectivity index (χ4v) is 2.84. The first-order chi connectivity index (χ1) is 13.4. The molecule has 0 saturated carbocycles. The number of nitrogens with one attached hydrogen (secondary N) is 1. The monoisotopic (exact) mass is 387 g/mol. The maximum Gasteiger partial charge on any atom is 0.258 e. The second-order valence-corrected chi connectivity index (χ2v) is 6.86. The van der Waals surface area contributed by atoms with Crippen molar-refractivity contribution in [2.24, 2.45) is 5.92 Å². The number of hydrogen-bond acceptors (Lipinski definition) is 5. The molecule has 2 aromatic carbocycles. The standard InChI is InChI=1S/C22H29NO5/c1-15(2)10-21(16-6-8-17(25-3)9-7-16)23-22(24)14-28-20-12-18(26-4)11-19(13-20)27-5/h6-9,11-13,15,21H,10,14H2,1-5H3,(H,23,24). The van der Waals surface area contributed by atoms with Gasteiger partial charge in [-0.3, -0.25) is 4.79 Å². The van der Waals surface area contributed by atoms with Gasteiger partial charge in [-0.25, -0.2) is 0 Å². The van der Waals surface area contributed by atoms with Crippen molar-refractivity contribution in [2.45, 2.75) is 26.3 Å². The van der Waals surface area contributed by atoms with Crippen molar-refractivity contribution in [1.82, 2.24) is 5.32 Å². The summed E-state index contributed by atoms with van der Waals surface area (Å²) < 4.78 is 21.3. The minimum Gasteiger partial charge on any atom is -0.497 e. The molecule has 2 rings (SSSR count). The molecule has 0 aliphatic heterocycles. The number of carbonyl (C=O) groups excluding carboxylic acids is 1. The van der Waals surface area contributed by atoms with Crippen molar-refractivity contribution < 1.29 is 23.7 Å². The average Bonchev–Trinajstić information content (AvgIpc) is 2.71. The molecule has 1 amide bonds. The Balaban J connectivity index is 2.03. The van der Waals surface area contributed by atoms with Gasteiger partial charge in [-0.1, -0.05) is 26.0 Å². The van der Waals surface area contributed by atoms with E-state index in [9.17, 15) is 4.79 Å². The number of hydrogen-bond donors (Lipinski definition) is 1. The Morgan fingerprint density at radius 1 is 0.857 bits per heavy atom. The van der Waals surface area contributed by atoms with Gasteiger partial charge in [0.2, 0.25) is 0 Å². The van der Waals surface area contributed by atoms with Crippen molar-refractivity contribution >= 4 is 5.91 Å². The van der Waals surface area contributed by atoms with Gasteiger partial charge in [0, 0.05) is 18.2 Å². The third kappa shape index (κ3) is 6.37. The number of rotatable bonds is 10. The molecular formula is C22H29NO5. The summed E-state index contributed by atoms with van der Waals surface area (Å²) in [6, 6.07) is 12.8. The van der Waals surface area contributed by atoms with Crippen molar-refractivity contribution in [1.29, 1.82) is 0 Å². The van der Waals surface area contributed by atoms with Crippen LogP contribution in [0.15, 0.2) is 42.5 Å². The third-order valence-corrected chi connectivity index (χ3v) is 4.26. The van der Waals surface area contributed by atoms with Gasteiger partial charge in [-0.05, 0) is 30.0 Å². The Labute approximate surface area is 166 Å². The van der Waals surface area contributed by atoms with Gasteiger partial charge in [0.05, 0.1) is 27.4 Å². The number of amides is 1. The van der Waals surface area contributed by atoms with E-state index in [1.54, 1.807) is 39.5 Å². The normalized spacial score (nSPS) is 11.6. The minimum atomic E-state index is -0.191. The van der Waals surface area contributed by atoms with E-state index in [1.165, 1.54) is 0 Å². The van der Waals surface area contributed by atoms with E-state index in [4.69, 9.17) is 18.9 Å². The Morgan fingerprint density at radius 2 is 1.39 bits per heavy atom. The fraction of sp³-hybridized carbons (Fsp3) is 0.409. The maximum atomic E-state index is 12.5. The van der Waals surface area contributed by atoms with E-state index in [0.29, 0.717) is 23.2 Å². The van der Waals surface area contributed by atoms with E-state index in [1.807, 2.05) is 24.3 Å². The zero-order chi connectivity index (χ0) is 20.5. The van der Waals surface area contributed by atoms with Crippen LogP contribution in [0.3, 0.4) is 0 Å². The fourth-order valence-electron chi connectivity index (χ4n) is 2.84. The van der Waals surface area contributed by atoms with E-state index >= 15 is 0 Å². The molecule has 6 nitrogen and oxygen atoms in total. The Bertz CT molecular complexity index is 736. The molecule has 1 unspecified atom stereocenters. The lowest BCUT2D eigenvalue weighted by Gasteiger charge is -2.21. The lowest BCUT2D eigenvalue weighted by Crippen LogP contribution is -2.33. The predicted octanol–water partition coefficient (Wildman–Crippen LogP) is 3.99. The molecule has 28 heavy (non-hydrogen) atoms. The minimum absolute atomic E-state index is 0.0955. The molecule has 152 valence electrons. The number of methoxy groups -OCH3 is 3. The van der Waals surface area contributed by atoms with Crippen LogP contribution >= 0.6 is 0 Å². The highest BCUT2D eigenvalue weighted by atomic mass is 16.5. The predicted molar refractivity (Wildman–Crippen MR) is 108 cm³/mol. The third-order valence-electron chi connectivity index (χ3n) is 4.26. The topological polar surface area (TPSA) is 66.0 Å². The van der Waals surface area contributed by atoms with Gasteiger partial charge in [0.1, 0.15) is 23.0 Å². The molecule has 1 atom stereocenters. The van der Waals surface area contributed by atoms with Crippen molar-refractivity contribution in [3.63, 3.8) is 0 Å². The van der Waals surface area contributed by atoms with Crippen molar-refractivity contribution in [3.8, 4) is 23.0 Å². The molecule has 2 aromatic rings. The second-order valence-electron chi connectivity index (χ2n) is 6.86. The Hall–Kier alpha value is -2.89. The summed E-state index contributed by atoms with van der Waals surface area (Å²) in [6.45, 7) is 4.16. The summed E-state index contributed by atoms with van der Waals surface area (Å²) in [6.07, 6.45) is 0.824. The smallest absolute Gasteiger partial charge is 0.258 e. The lowest BCUT2D eigenvalue weighted by molar-refractivity contribution is -0.124. The summed E-state index contributed by atoms with van der Waals surface area (Å²) >= 11 is 0. The molecule has 0 aromatic heterocycles. The van der Waals surface area contributed by atoms with Crippen molar-refractivity contribution in [3.05, 3.63) is 48.0 Å². The summed E-state index contributed by atoms with van der Waals surface area (Å²) in [5.41, 5.74) is 1.03. The van der Waals surface area contributed by atoms with Crippen LogP contribution in [0.2, 0.25) is 0 Å². The molecule has 0 aliphatic carbocycles. The van der Waals surface area contributed by atoms with Crippen LogP contribution in [0.1, 0.15) is 31.9 Å². The van der Waals surface area contributed by atoms with Crippen LogP contribution in [-0.4, -0.2) is 33.8 Å².